The van der Waals surface area contributed by atoms with Crippen molar-refractivity contribution in [2.24, 2.45) is 4.99 Å². The van der Waals surface area contributed by atoms with Gasteiger partial charge in [-0.15, -0.1) is 0 Å². The van der Waals surface area contributed by atoms with Crippen molar-refractivity contribution in [3.05, 3.63) is 35.9 Å². The third-order valence-corrected chi connectivity index (χ3v) is 2.06. The van der Waals surface area contributed by atoms with Crippen LogP contribution in [-0.2, 0) is 4.74 Å². The second kappa shape index (κ2) is 4.13. The van der Waals surface area contributed by atoms with E-state index in [4.69, 9.17) is 4.74 Å². The van der Waals surface area contributed by atoms with Crippen LogP contribution in [0.2, 0.25) is 0 Å². The lowest BCUT2D eigenvalue weighted by Gasteiger charge is -2.06. The van der Waals surface area contributed by atoms with Crippen molar-refractivity contribution >= 4 is 11.9 Å². The van der Waals surface area contributed by atoms with Crippen LogP contribution >= 0.6 is 0 Å². The topological polar surface area (TPSA) is 50.7 Å². The first-order valence-corrected chi connectivity index (χ1v) is 4.83. The van der Waals surface area contributed by atoms with E-state index in [1.54, 1.807) is 12.1 Å². The second-order valence-corrected chi connectivity index (χ2v) is 3.39. The number of nitrogens with one attached hydrogen (secondary N) is 1. The number of ether oxygens (including phenoxy) is 1. The van der Waals surface area contributed by atoms with Crippen molar-refractivity contribution in [3.8, 4) is 0 Å². The Bertz CT molecular complexity index is 387. The fraction of sp³-hybridized carbons (Fsp3) is 0.273. The maximum atomic E-state index is 11.6. The monoisotopic (exact) mass is 204 g/mol. The molecule has 0 saturated carbocycles. The Morgan fingerprint density at radius 3 is 2.80 bits per heavy atom. The molecule has 1 aliphatic heterocycles. The average Bonchev–Trinajstić information content (AvgIpc) is 2.65. The average molecular weight is 204 g/mol. The second-order valence-electron chi connectivity index (χ2n) is 3.39. The minimum absolute atomic E-state index is 0.0519. The number of amidine groups is 1. The molecule has 1 aliphatic rings. The maximum Gasteiger partial charge on any atom is 0.292 e. The van der Waals surface area contributed by atoms with Gasteiger partial charge < -0.3 is 4.74 Å². The van der Waals surface area contributed by atoms with Gasteiger partial charge in [0.1, 0.15) is 6.10 Å². The molecule has 78 valence electrons. The highest BCUT2D eigenvalue weighted by Gasteiger charge is 2.17. The zero-order chi connectivity index (χ0) is 10.7. The van der Waals surface area contributed by atoms with Crippen LogP contribution in [0, 0.1) is 0 Å². The lowest BCUT2D eigenvalue weighted by molar-refractivity contribution is 0.0964. The van der Waals surface area contributed by atoms with Gasteiger partial charge in [-0.05, 0) is 19.1 Å². The molecule has 0 aliphatic carbocycles. The summed E-state index contributed by atoms with van der Waals surface area (Å²) in [7, 11) is 0. The number of amides is 1. The first kappa shape index (κ1) is 9.71. The molecule has 0 fully saturated rings. The van der Waals surface area contributed by atoms with E-state index in [9.17, 15) is 4.79 Å². The molecule has 4 nitrogen and oxygen atoms in total. The van der Waals surface area contributed by atoms with E-state index in [1.807, 2.05) is 25.1 Å². The standard InChI is InChI=1S/C11H12N2O2/c1-8-7-12-11(15-8)13-10(14)9-5-3-2-4-6-9/h2-6,8H,7H2,1H3,(H,12,13,14). The van der Waals surface area contributed by atoms with Gasteiger partial charge in [-0.1, -0.05) is 18.2 Å². The number of rotatable bonds is 1. The zero-order valence-corrected chi connectivity index (χ0v) is 8.43. The largest absolute Gasteiger partial charge is 0.460 e. The quantitative estimate of drug-likeness (QED) is 0.747. The molecule has 1 atom stereocenters. The summed E-state index contributed by atoms with van der Waals surface area (Å²) in [6.45, 7) is 2.51. The van der Waals surface area contributed by atoms with Gasteiger partial charge in [-0.2, -0.15) is 0 Å². The SMILES string of the molecule is CC1CN=C(NC(=O)c2ccccc2)O1. The molecule has 0 spiro atoms. The number of benzene rings is 1. The van der Waals surface area contributed by atoms with E-state index in [0.29, 0.717) is 18.1 Å². The Morgan fingerprint density at radius 1 is 1.47 bits per heavy atom. The molecule has 0 saturated heterocycles. The summed E-state index contributed by atoms with van der Waals surface area (Å²) in [6, 6.07) is 9.30. The van der Waals surface area contributed by atoms with E-state index in [-0.39, 0.29) is 12.0 Å². The Labute approximate surface area is 88.0 Å². The van der Waals surface area contributed by atoms with E-state index in [1.165, 1.54) is 0 Å². The van der Waals surface area contributed by atoms with E-state index in [2.05, 4.69) is 10.3 Å². The van der Waals surface area contributed by atoms with Gasteiger partial charge in [0.15, 0.2) is 0 Å². The van der Waals surface area contributed by atoms with Crippen molar-refractivity contribution in [1.82, 2.24) is 5.32 Å². The number of hydrogen-bond donors (Lipinski definition) is 1. The smallest absolute Gasteiger partial charge is 0.292 e. The van der Waals surface area contributed by atoms with Gasteiger partial charge in [0.2, 0.25) is 0 Å². The first-order chi connectivity index (χ1) is 7.25. The summed E-state index contributed by atoms with van der Waals surface area (Å²) in [5.74, 6) is -0.191. The predicted octanol–water partition coefficient (Wildman–Crippen LogP) is 1.19. The molecule has 1 N–H and O–H groups in total. The van der Waals surface area contributed by atoms with Gasteiger partial charge in [0.05, 0.1) is 6.54 Å². The highest BCUT2D eigenvalue weighted by molar-refractivity contribution is 6.04. The predicted molar refractivity (Wildman–Crippen MR) is 56.8 cm³/mol. The molecule has 2 rings (SSSR count). The Morgan fingerprint density at radius 2 is 2.20 bits per heavy atom. The number of aliphatic imine (C=N–C) groups is 1. The molecule has 1 amide bonds. The van der Waals surface area contributed by atoms with Crippen LogP contribution in [0.3, 0.4) is 0 Å². The van der Waals surface area contributed by atoms with Crippen molar-refractivity contribution in [2.75, 3.05) is 6.54 Å². The number of nitrogens with zero attached hydrogens (tertiary/aromatic N) is 1. The summed E-state index contributed by atoms with van der Waals surface area (Å²) >= 11 is 0. The van der Waals surface area contributed by atoms with Crippen LogP contribution in [-0.4, -0.2) is 24.6 Å². The van der Waals surface area contributed by atoms with Gasteiger partial charge in [-0.25, -0.2) is 4.99 Å². The minimum atomic E-state index is -0.191. The molecule has 0 radical (unpaired) electrons. The highest BCUT2D eigenvalue weighted by atomic mass is 16.5. The number of carbonyl (C=O) groups excluding carboxylic acids is 1. The van der Waals surface area contributed by atoms with Crippen molar-refractivity contribution < 1.29 is 9.53 Å². The Kier molecular flexibility index (Phi) is 2.67. The highest BCUT2D eigenvalue weighted by Crippen LogP contribution is 2.03. The summed E-state index contributed by atoms with van der Waals surface area (Å²) in [6.07, 6.45) is 0.0519. The molecule has 0 aromatic heterocycles. The molecular formula is C11H12N2O2. The Hall–Kier alpha value is -1.84. The van der Waals surface area contributed by atoms with Gasteiger partial charge in [0.25, 0.3) is 11.9 Å². The van der Waals surface area contributed by atoms with Crippen LogP contribution in [0.1, 0.15) is 17.3 Å². The lowest BCUT2D eigenvalue weighted by Crippen LogP contribution is -2.31. The molecule has 1 heterocycles. The number of hydrogen-bond acceptors (Lipinski definition) is 3. The third kappa shape index (κ3) is 2.34. The summed E-state index contributed by atoms with van der Waals surface area (Å²) in [5, 5.41) is 2.61. The third-order valence-electron chi connectivity index (χ3n) is 2.06. The van der Waals surface area contributed by atoms with Crippen LogP contribution in [0.4, 0.5) is 0 Å². The molecule has 4 heteroatoms. The van der Waals surface area contributed by atoms with Gasteiger partial charge in [0, 0.05) is 5.56 Å². The fourth-order valence-electron chi connectivity index (χ4n) is 1.30. The summed E-state index contributed by atoms with van der Waals surface area (Å²) < 4.78 is 5.27. The van der Waals surface area contributed by atoms with Crippen LogP contribution in [0.25, 0.3) is 0 Å². The number of carbonyl (C=O) groups is 1. The molecule has 1 unspecified atom stereocenters. The van der Waals surface area contributed by atoms with Gasteiger partial charge >= 0.3 is 0 Å². The van der Waals surface area contributed by atoms with E-state index in [0.717, 1.165) is 0 Å². The molecule has 1 aromatic carbocycles. The Balaban J connectivity index is 1.99. The molecule has 15 heavy (non-hydrogen) atoms. The summed E-state index contributed by atoms with van der Waals surface area (Å²) in [5.41, 5.74) is 0.600. The summed E-state index contributed by atoms with van der Waals surface area (Å²) in [4.78, 5) is 15.7. The minimum Gasteiger partial charge on any atom is -0.460 e. The lowest BCUT2D eigenvalue weighted by atomic mass is 10.2. The van der Waals surface area contributed by atoms with Crippen LogP contribution < -0.4 is 5.32 Å². The zero-order valence-electron chi connectivity index (χ0n) is 8.43. The van der Waals surface area contributed by atoms with E-state index < -0.39 is 0 Å². The van der Waals surface area contributed by atoms with Crippen molar-refractivity contribution in [3.63, 3.8) is 0 Å². The molecular weight excluding hydrogens is 192 g/mol. The van der Waals surface area contributed by atoms with Crippen LogP contribution in [0.15, 0.2) is 35.3 Å². The maximum absolute atomic E-state index is 11.6. The normalized spacial score (nSPS) is 19.3. The van der Waals surface area contributed by atoms with Crippen molar-refractivity contribution in [1.29, 1.82) is 0 Å². The molecule has 1 aromatic rings. The van der Waals surface area contributed by atoms with Crippen LogP contribution in [0.5, 0.6) is 0 Å². The fourth-order valence-corrected chi connectivity index (χ4v) is 1.30. The van der Waals surface area contributed by atoms with Gasteiger partial charge in [-0.3, -0.25) is 10.1 Å². The van der Waals surface area contributed by atoms with Crippen molar-refractivity contribution in [2.45, 2.75) is 13.0 Å². The molecule has 0 bridgehead atoms. The first-order valence-electron chi connectivity index (χ1n) is 4.83. The van der Waals surface area contributed by atoms with E-state index >= 15 is 0 Å².